The SMILES string of the molecule is COC(=O)N1CCC2(CC1)C(=O)NN=C2c1ccncc1. The van der Waals surface area contributed by atoms with E-state index in [1.54, 1.807) is 17.3 Å². The van der Waals surface area contributed by atoms with Gasteiger partial charge in [0.2, 0.25) is 0 Å². The highest BCUT2D eigenvalue weighted by molar-refractivity contribution is 6.19. The highest BCUT2D eigenvalue weighted by atomic mass is 16.5. The summed E-state index contributed by atoms with van der Waals surface area (Å²) in [7, 11) is 1.36. The molecule has 0 bridgehead atoms. The first-order chi connectivity index (χ1) is 10.2. The van der Waals surface area contributed by atoms with Crippen molar-refractivity contribution in [1.82, 2.24) is 15.3 Å². The summed E-state index contributed by atoms with van der Waals surface area (Å²) in [5.41, 5.74) is 3.54. The number of nitrogens with one attached hydrogen (secondary N) is 1. The molecule has 0 radical (unpaired) electrons. The number of carbonyl (C=O) groups excluding carboxylic acids is 2. The van der Waals surface area contributed by atoms with E-state index < -0.39 is 5.41 Å². The van der Waals surface area contributed by atoms with Crippen molar-refractivity contribution in [2.75, 3.05) is 20.2 Å². The maximum absolute atomic E-state index is 12.3. The fraction of sp³-hybridized carbons (Fsp3) is 0.429. The average molecular weight is 288 g/mol. The number of nitrogens with zero attached hydrogens (tertiary/aromatic N) is 3. The summed E-state index contributed by atoms with van der Waals surface area (Å²) in [5, 5.41) is 4.21. The molecule has 1 aromatic rings. The van der Waals surface area contributed by atoms with E-state index in [0.717, 1.165) is 11.3 Å². The Hall–Kier alpha value is -2.44. The Bertz CT molecular complexity index is 591. The van der Waals surface area contributed by atoms with Crippen LogP contribution in [0.3, 0.4) is 0 Å². The zero-order valence-electron chi connectivity index (χ0n) is 11.7. The number of hydrazone groups is 1. The number of aromatic nitrogens is 1. The van der Waals surface area contributed by atoms with Crippen LogP contribution in [-0.4, -0.2) is 47.8 Å². The minimum absolute atomic E-state index is 0.0983. The lowest BCUT2D eigenvalue weighted by atomic mass is 9.72. The Morgan fingerprint density at radius 2 is 2.00 bits per heavy atom. The van der Waals surface area contributed by atoms with Crippen LogP contribution in [0.5, 0.6) is 0 Å². The van der Waals surface area contributed by atoms with Crippen molar-refractivity contribution >= 4 is 17.7 Å². The molecule has 2 aliphatic heterocycles. The smallest absolute Gasteiger partial charge is 0.409 e. The van der Waals surface area contributed by atoms with Crippen LogP contribution in [0.15, 0.2) is 29.6 Å². The van der Waals surface area contributed by atoms with E-state index in [2.05, 4.69) is 15.5 Å². The number of methoxy groups -OCH3 is 1. The van der Waals surface area contributed by atoms with E-state index in [4.69, 9.17) is 4.74 Å². The molecule has 1 aromatic heterocycles. The number of piperidine rings is 1. The molecule has 3 heterocycles. The molecule has 3 rings (SSSR count). The molecule has 21 heavy (non-hydrogen) atoms. The molecule has 1 spiro atoms. The van der Waals surface area contributed by atoms with E-state index in [0.29, 0.717) is 25.9 Å². The lowest BCUT2D eigenvalue weighted by Crippen LogP contribution is -2.50. The van der Waals surface area contributed by atoms with Crippen molar-refractivity contribution in [3.05, 3.63) is 30.1 Å². The summed E-state index contributed by atoms with van der Waals surface area (Å²) < 4.78 is 4.73. The molecule has 7 heteroatoms. The predicted octanol–water partition coefficient (Wildman–Crippen LogP) is 0.764. The van der Waals surface area contributed by atoms with Crippen molar-refractivity contribution in [3.63, 3.8) is 0 Å². The second-order valence-corrected chi connectivity index (χ2v) is 5.18. The van der Waals surface area contributed by atoms with Crippen LogP contribution < -0.4 is 5.43 Å². The number of pyridine rings is 1. The van der Waals surface area contributed by atoms with Gasteiger partial charge in [-0.25, -0.2) is 10.2 Å². The Morgan fingerprint density at radius 3 is 2.62 bits per heavy atom. The van der Waals surface area contributed by atoms with Crippen molar-refractivity contribution in [2.45, 2.75) is 12.8 Å². The quantitative estimate of drug-likeness (QED) is 0.827. The third kappa shape index (κ3) is 2.14. The van der Waals surface area contributed by atoms with Gasteiger partial charge in [0.1, 0.15) is 0 Å². The number of amides is 2. The van der Waals surface area contributed by atoms with E-state index >= 15 is 0 Å². The third-order valence-electron chi connectivity index (χ3n) is 4.16. The van der Waals surface area contributed by atoms with Gasteiger partial charge >= 0.3 is 6.09 Å². The van der Waals surface area contributed by atoms with E-state index in [-0.39, 0.29) is 12.0 Å². The topological polar surface area (TPSA) is 83.9 Å². The number of likely N-dealkylation sites (tertiary alicyclic amines) is 1. The van der Waals surface area contributed by atoms with E-state index in [1.165, 1.54) is 7.11 Å². The summed E-state index contributed by atoms with van der Waals surface area (Å²) in [4.78, 5) is 29.5. The summed E-state index contributed by atoms with van der Waals surface area (Å²) in [6.07, 6.45) is 4.07. The molecule has 110 valence electrons. The van der Waals surface area contributed by atoms with Crippen molar-refractivity contribution < 1.29 is 14.3 Å². The molecule has 0 saturated carbocycles. The molecule has 2 amide bonds. The van der Waals surface area contributed by atoms with Crippen LogP contribution in [-0.2, 0) is 9.53 Å². The molecule has 1 fully saturated rings. The minimum atomic E-state index is -0.661. The van der Waals surface area contributed by atoms with E-state index in [9.17, 15) is 9.59 Å². The predicted molar refractivity (Wildman–Crippen MR) is 74.6 cm³/mol. The molecule has 1 saturated heterocycles. The van der Waals surface area contributed by atoms with Gasteiger partial charge in [0.25, 0.3) is 5.91 Å². The Balaban J connectivity index is 1.85. The Labute approximate surface area is 122 Å². The zero-order chi connectivity index (χ0) is 14.9. The first kappa shape index (κ1) is 13.5. The maximum atomic E-state index is 12.3. The summed E-state index contributed by atoms with van der Waals surface area (Å²) >= 11 is 0. The lowest BCUT2D eigenvalue weighted by Gasteiger charge is -2.37. The zero-order valence-corrected chi connectivity index (χ0v) is 11.7. The molecule has 7 nitrogen and oxygen atoms in total. The Kier molecular flexibility index (Phi) is 3.32. The van der Waals surface area contributed by atoms with Gasteiger partial charge in [-0.1, -0.05) is 0 Å². The standard InChI is InChI=1S/C14H16N4O3/c1-21-13(20)18-8-4-14(5-9-18)11(16-17-12(14)19)10-2-6-15-7-3-10/h2-3,6-7H,4-5,8-9H2,1H3,(H,17,19). The highest BCUT2D eigenvalue weighted by Gasteiger charge is 2.50. The average Bonchev–Trinajstić information content (AvgIpc) is 2.85. The van der Waals surface area contributed by atoms with Crippen molar-refractivity contribution in [3.8, 4) is 0 Å². The van der Waals surface area contributed by atoms with Gasteiger partial charge in [0.05, 0.1) is 18.2 Å². The van der Waals surface area contributed by atoms with Crippen LogP contribution in [0, 0.1) is 5.41 Å². The van der Waals surface area contributed by atoms with Crippen molar-refractivity contribution in [2.24, 2.45) is 10.5 Å². The van der Waals surface area contributed by atoms with Gasteiger partial charge < -0.3 is 9.64 Å². The van der Waals surface area contributed by atoms with Crippen LogP contribution in [0.2, 0.25) is 0 Å². The fourth-order valence-electron chi connectivity index (χ4n) is 2.94. The molecule has 0 aliphatic carbocycles. The molecule has 0 aromatic carbocycles. The summed E-state index contributed by atoms with van der Waals surface area (Å²) in [5.74, 6) is -0.0983. The first-order valence-corrected chi connectivity index (χ1v) is 6.79. The summed E-state index contributed by atoms with van der Waals surface area (Å²) in [6.45, 7) is 0.953. The molecular weight excluding hydrogens is 272 g/mol. The number of ether oxygens (including phenoxy) is 1. The number of rotatable bonds is 1. The molecule has 0 atom stereocenters. The number of hydrogen-bond donors (Lipinski definition) is 1. The van der Waals surface area contributed by atoms with Gasteiger partial charge in [0, 0.05) is 31.0 Å². The van der Waals surface area contributed by atoms with E-state index in [1.807, 2.05) is 12.1 Å². The second kappa shape index (κ2) is 5.16. The van der Waals surface area contributed by atoms with Crippen molar-refractivity contribution in [1.29, 1.82) is 0 Å². The number of carbonyl (C=O) groups is 2. The minimum Gasteiger partial charge on any atom is -0.453 e. The molecular formula is C14H16N4O3. The van der Waals surface area contributed by atoms with Gasteiger partial charge in [-0.3, -0.25) is 9.78 Å². The molecule has 2 aliphatic rings. The largest absolute Gasteiger partial charge is 0.453 e. The molecule has 1 N–H and O–H groups in total. The summed E-state index contributed by atoms with van der Waals surface area (Å²) in [6, 6.07) is 3.68. The van der Waals surface area contributed by atoms with Crippen LogP contribution >= 0.6 is 0 Å². The fourth-order valence-corrected chi connectivity index (χ4v) is 2.94. The van der Waals surface area contributed by atoms with Crippen LogP contribution in [0.25, 0.3) is 0 Å². The third-order valence-corrected chi connectivity index (χ3v) is 4.16. The normalized spacial score (nSPS) is 20.1. The van der Waals surface area contributed by atoms with Crippen LogP contribution in [0.1, 0.15) is 18.4 Å². The van der Waals surface area contributed by atoms with Crippen LogP contribution in [0.4, 0.5) is 4.79 Å². The Morgan fingerprint density at radius 1 is 1.33 bits per heavy atom. The first-order valence-electron chi connectivity index (χ1n) is 6.79. The second-order valence-electron chi connectivity index (χ2n) is 5.18. The number of hydrogen-bond acceptors (Lipinski definition) is 5. The molecule has 0 unspecified atom stereocenters. The van der Waals surface area contributed by atoms with Gasteiger partial charge in [-0.05, 0) is 25.0 Å². The monoisotopic (exact) mass is 288 g/mol. The van der Waals surface area contributed by atoms with Gasteiger partial charge in [0.15, 0.2) is 0 Å². The lowest BCUT2D eigenvalue weighted by molar-refractivity contribution is -0.128. The van der Waals surface area contributed by atoms with Gasteiger partial charge in [-0.15, -0.1) is 0 Å². The van der Waals surface area contributed by atoms with Gasteiger partial charge in [-0.2, -0.15) is 5.10 Å². The highest BCUT2D eigenvalue weighted by Crippen LogP contribution is 2.38. The maximum Gasteiger partial charge on any atom is 0.409 e.